The van der Waals surface area contributed by atoms with Crippen LogP contribution in [0.15, 0.2) is 78.9 Å². The molecule has 0 fully saturated rings. The van der Waals surface area contributed by atoms with Gasteiger partial charge in [0, 0.05) is 0 Å². The number of esters is 1. The summed E-state index contributed by atoms with van der Waals surface area (Å²) in [6.45, 7) is 5.46. The molecule has 0 unspecified atom stereocenters. The minimum absolute atomic E-state index is 0.00247. The highest BCUT2D eigenvalue weighted by Gasteiger charge is 2.25. The van der Waals surface area contributed by atoms with Gasteiger partial charge in [-0.1, -0.05) is 54.6 Å². The molecular formula is C30H34N4O4. The summed E-state index contributed by atoms with van der Waals surface area (Å²) in [5, 5.41) is 6.04. The van der Waals surface area contributed by atoms with Crippen LogP contribution in [-0.2, 0) is 16.0 Å². The Morgan fingerprint density at radius 3 is 2.21 bits per heavy atom. The molecule has 8 heteroatoms. The number of para-hydroxylation sites is 2. The largest absolute Gasteiger partial charge is 0.497 e. The number of nitrogens with zero attached hydrogens (tertiary/aromatic N) is 1. The second-order valence-corrected chi connectivity index (χ2v) is 10.1. The van der Waals surface area contributed by atoms with Crippen molar-refractivity contribution in [3.05, 3.63) is 95.8 Å². The molecule has 0 aliphatic heterocycles. The van der Waals surface area contributed by atoms with Gasteiger partial charge in [0.05, 0.1) is 36.6 Å². The number of carbonyl (C=O) groups excluding carboxylic acids is 2. The number of H-pyrrole nitrogens is 1. The number of carbonyl (C=O) groups is 2. The lowest BCUT2D eigenvalue weighted by Gasteiger charge is -2.24. The maximum atomic E-state index is 13.3. The number of aromatic amines is 1. The lowest BCUT2D eigenvalue weighted by molar-refractivity contribution is -0.155. The minimum atomic E-state index is -0.620. The summed E-state index contributed by atoms with van der Waals surface area (Å²) in [6.07, 6.45) is 0.502. The summed E-state index contributed by atoms with van der Waals surface area (Å²) >= 11 is 0. The van der Waals surface area contributed by atoms with Crippen molar-refractivity contribution in [3.8, 4) is 5.75 Å². The molecule has 2 amide bonds. The fraction of sp³-hybridized carbons (Fsp3) is 0.300. The lowest BCUT2D eigenvalue weighted by atomic mass is 10.0. The van der Waals surface area contributed by atoms with Crippen LogP contribution >= 0.6 is 0 Å². The van der Waals surface area contributed by atoms with Gasteiger partial charge in [-0.25, -0.2) is 9.78 Å². The summed E-state index contributed by atoms with van der Waals surface area (Å²) in [5.74, 6) is 1.01. The Morgan fingerprint density at radius 2 is 1.55 bits per heavy atom. The number of amides is 2. The fourth-order valence-corrected chi connectivity index (χ4v) is 4.20. The van der Waals surface area contributed by atoms with Gasteiger partial charge in [-0.3, -0.25) is 4.79 Å². The van der Waals surface area contributed by atoms with Gasteiger partial charge in [-0.15, -0.1) is 0 Å². The predicted molar refractivity (Wildman–Crippen MR) is 147 cm³/mol. The standard InChI is InChI=1S/C30H34N4O4/c1-30(2,3)38-27(35)19-25(21-10-6-5-7-11-21)33-29(36)34-26(18-20-14-16-22(37-4)17-15-20)28-31-23-12-8-9-13-24(23)32-28/h5-17,25-26H,18-19H2,1-4H3,(H,31,32)(H2,33,34,36)/t25-,26-/m1/s1. The van der Waals surface area contributed by atoms with Gasteiger partial charge in [0.15, 0.2) is 0 Å². The van der Waals surface area contributed by atoms with Crippen LogP contribution in [0.1, 0.15) is 56.2 Å². The molecule has 0 saturated heterocycles. The molecule has 0 aliphatic carbocycles. The Balaban J connectivity index is 1.55. The molecule has 0 spiro atoms. The van der Waals surface area contributed by atoms with Crippen molar-refractivity contribution in [2.24, 2.45) is 0 Å². The molecule has 38 heavy (non-hydrogen) atoms. The maximum Gasteiger partial charge on any atom is 0.315 e. The van der Waals surface area contributed by atoms with Crippen molar-refractivity contribution in [1.82, 2.24) is 20.6 Å². The van der Waals surface area contributed by atoms with Crippen molar-refractivity contribution in [2.75, 3.05) is 7.11 Å². The second kappa shape index (κ2) is 11.8. The van der Waals surface area contributed by atoms with Gasteiger partial charge in [0.2, 0.25) is 0 Å². The van der Waals surface area contributed by atoms with Crippen molar-refractivity contribution in [2.45, 2.75) is 51.3 Å². The van der Waals surface area contributed by atoms with Crippen molar-refractivity contribution < 1.29 is 19.1 Å². The first-order valence-corrected chi connectivity index (χ1v) is 12.6. The highest BCUT2D eigenvalue weighted by Crippen LogP contribution is 2.23. The third-order valence-corrected chi connectivity index (χ3v) is 5.94. The van der Waals surface area contributed by atoms with E-state index in [1.807, 2.05) is 99.6 Å². The number of methoxy groups -OCH3 is 1. The van der Waals surface area contributed by atoms with E-state index in [2.05, 4.69) is 15.6 Å². The Hall–Kier alpha value is -4.33. The van der Waals surface area contributed by atoms with Gasteiger partial charge in [0.1, 0.15) is 17.2 Å². The quantitative estimate of drug-likeness (QED) is 0.251. The van der Waals surface area contributed by atoms with E-state index in [0.717, 1.165) is 27.9 Å². The average molecular weight is 515 g/mol. The highest BCUT2D eigenvalue weighted by atomic mass is 16.6. The molecular weight excluding hydrogens is 480 g/mol. The molecule has 1 aromatic heterocycles. The summed E-state index contributed by atoms with van der Waals surface area (Å²) in [7, 11) is 1.62. The van der Waals surface area contributed by atoms with E-state index in [9.17, 15) is 9.59 Å². The third-order valence-electron chi connectivity index (χ3n) is 5.94. The maximum absolute atomic E-state index is 13.3. The average Bonchev–Trinajstić information content (AvgIpc) is 3.32. The number of hydrogen-bond donors (Lipinski definition) is 3. The molecule has 4 rings (SSSR count). The lowest BCUT2D eigenvalue weighted by Crippen LogP contribution is -2.42. The number of rotatable bonds is 9. The zero-order valence-corrected chi connectivity index (χ0v) is 22.2. The van der Waals surface area contributed by atoms with E-state index in [0.29, 0.717) is 12.2 Å². The monoisotopic (exact) mass is 514 g/mol. The van der Waals surface area contributed by atoms with Gasteiger partial charge >= 0.3 is 12.0 Å². The van der Waals surface area contributed by atoms with Crippen LogP contribution in [0, 0.1) is 0 Å². The van der Waals surface area contributed by atoms with E-state index < -0.39 is 29.7 Å². The van der Waals surface area contributed by atoms with Crippen LogP contribution in [-0.4, -0.2) is 34.7 Å². The predicted octanol–water partition coefficient (Wildman–Crippen LogP) is 5.63. The molecule has 0 saturated carbocycles. The molecule has 2 atom stereocenters. The molecule has 0 radical (unpaired) electrons. The Morgan fingerprint density at radius 1 is 0.895 bits per heavy atom. The van der Waals surface area contributed by atoms with E-state index in [-0.39, 0.29) is 6.42 Å². The first kappa shape index (κ1) is 26.7. The number of imidazole rings is 1. The Labute approximate surface area is 222 Å². The zero-order chi connectivity index (χ0) is 27.1. The van der Waals surface area contributed by atoms with Gasteiger partial charge in [-0.05, 0) is 62.6 Å². The molecule has 0 aliphatic rings. The van der Waals surface area contributed by atoms with Crippen molar-refractivity contribution in [3.63, 3.8) is 0 Å². The second-order valence-electron chi connectivity index (χ2n) is 10.1. The summed E-state index contributed by atoms with van der Waals surface area (Å²) in [4.78, 5) is 34.0. The smallest absolute Gasteiger partial charge is 0.315 e. The third kappa shape index (κ3) is 7.35. The van der Waals surface area contributed by atoms with Crippen LogP contribution < -0.4 is 15.4 Å². The SMILES string of the molecule is COc1ccc(C[C@@H](NC(=O)N[C@H](CC(=O)OC(C)(C)C)c2ccccc2)c2nc3ccccc3[nH]2)cc1. The number of hydrogen-bond acceptors (Lipinski definition) is 5. The highest BCUT2D eigenvalue weighted by molar-refractivity contribution is 5.78. The van der Waals surface area contributed by atoms with E-state index in [1.54, 1.807) is 7.11 Å². The van der Waals surface area contributed by atoms with Crippen LogP contribution in [0.25, 0.3) is 11.0 Å². The number of urea groups is 1. The van der Waals surface area contributed by atoms with E-state index in [1.165, 1.54) is 0 Å². The summed E-state index contributed by atoms with van der Waals surface area (Å²) in [5.41, 5.74) is 2.90. The van der Waals surface area contributed by atoms with Crippen LogP contribution in [0.2, 0.25) is 0 Å². The Kier molecular flexibility index (Phi) is 8.31. The number of ether oxygens (including phenoxy) is 2. The number of benzene rings is 3. The molecule has 0 bridgehead atoms. The molecule has 3 aromatic carbocycles. The summed E-state index contributed by atoms with van der Waals surface area (Å²) < 4.78 is 10.8. The fourth-order valence-electron chi connectivity index (χ4n) is 4.20. The normalized spacial score (nSPS) is 12.9. The van der Waals surface area contributed by atoms with Crippen molar-refractivity contribution >= 4 is 23.0 Å². The van der Waals surface area contributed by atoms with Crippen molar-refractivity contribution in [1.29, 1.82) is 0 Å². The van der Waals surface area contributed by atoms with Crippen LogP contribution in [0.5, 0.6) is 5.75 Å². The summed E-state index contributed by atoms with van der Waals surface area (Å²) in [6, 6.07) is 23.4. The molecule has 1 heterocycles. The Bertz CT molecular complexity index is 1330. The number of fused-ring (bicyclic) bond motifs is 1. The number of nitrogens with one attached hydrogen (secondary N) is 3. The van der Waals surface area contributed by atoms with Gasteiger partial charge in [0.25, 0.3) is 0 Å². The molecule has 3 N–H and O–H groups in total. The van der Waals surface area contributed by atoms with E-state index >= 15 is 0 Å². The first-order chi connectivity index (χ1) is 18.2. The van der Waals surface area contributed by atoms with Crippen LogP contribution in [0.4, 0.5) is 4.79 Å². The minimum Gasteiger partial charge on any atom is -0.497 e. The van der Waals surface area contributed by atoms with Crippen LogP contribution in [0.3, 0.4) is 0 Å². The molecule has 198 valence electrons. The van der Waals surface area contributed by atoms with E-state index in [4.69, 9.17) is 14.5 Å². The molecule has 4 aromatic rings. The molecule has 8 nitrogen and oxygen atoms in total. The number of aromatic nitrogens is 2. The topological polar surface area (TPSA) is 105 Å². The van der Waals surface area contributed by atoms with Gasteiger partial charge in [-0.2, -0.15) is 0 Å². The van der Waals surface area contributed by atoms with Gasteiger partial charge < -0.3 is 25.1 Å². The first-order valence-electron chi connectivity index (χ1n) is 12.6. The zero-order valence-electron chi connectivity index (χ0n) is 22.2.